The van der Waals surface area contributed by atoms with Crippen LogP contribution in [0.25, 0.3) is 0 Å². The highest BCUT2D eigenvalue weighted by Gasteiger charge is 2.18. The van der Waals surface area contributed by atoms with Crippen molar-refractivity contribution in [1.82, 2.24) is 0 Å². The van der Waals surface area contributed by atoms with E-state index in [0.29, 0.717) is 10.7 Å². The molecule has 0 aliphatic heterocycles. The van der Waals surface area contributed by atoms with Crippen molar-refractivity contribution in [3.05, 3.63) is 58.1 Å². The maximum atomic E-state index is 12.4. The van der Waals surface area contributed by atoms with Crippen molar-refractivity contribution in [1.29, 1.82) is 0 Å². The zero-order valence-corrected chi connectivity index (χ0v) is 15.1. The second-order valence-corrected chi connectivity index (χ2v) is 6.40. The van der Waals surface area contributed by atoms with Crippen LogP contribution in [-0.4, -0.2) is 18.4 Å². The summed E-state index contributed by atoms with van der Waals surface area (Å²) in [6, 6.07) is 11.1. The zero-order chi connectivity index (χ0) is 17.9. The third-order valence-electron chi connectivity index (χ3n) is 3.64. The first-order valence-corrected chi connectivity index (χ1v) is 8.06. The summed E-state index contributed by atoms with van der Waals surface area (Å²) >= 11 is 5.96. The summed E-state index contributed by atoms with van der Waals surface area (Å²) in [5, 5.41) is 3.45. The number of carbonyl (C=O) groups excluding carboxylic acids is 2. The molecule has 24 heavy (non-hydrogen) atoms. The Morgan fingerprint density at radius 3 is 2.21 bits per heavy atom. The number of nitrogens with one attached hydrogen (secondary N) is 1. The Kier molecular flexibility index (Phi) is 5.62. The molecule has 126 valence electrons. The second-order valence-electron chi connectivity index (χ2n) is 5.96. The van der Waals surface area contributed by atoms with E-state index < -0.39 is 0 Å². The molecular formula is C19H21ClN2O2. The SMILES string of the molecule is CC(=O)N(CC(=O)Nc1cc(C)cc(C)c1)c1ccc(Cl)cc1C. The van der Waals surface area contributed by atoms with Crippen LogP contribution >= 0.6 is 11.6 Å². The Morgan fingerprint density at radius 2 is 1.67 bits per heavy atom. The molecule has 0 unspecified atom stereocenters. The van der Waals surface area contributed by atoms with Gasteiger partial charge >= 0.3 is 0 Å². The van der Waals surface area contributed by atoms with Crippen molar-refractivity contribution in [3.8, 4) is 0 Å². The molecule has 1 N–H and O–H groups in total. The van der Waals surface area contributed by atoms with Crippen molar-refractivity contribution in [2.45, 2.75) is 27.7 Å². The fourth-order valence-electron chi connectivity index (χ4n) is 2.68. The number of halogens is 1. The molecule has 5 heteroatoms. The molecule has 2 amide bonds. The highest BCUT2D eigenvalue weighted by molar-refractivity contribution is 6.30. The molecule has 0 atom stereocenters. The molecule has 0 fully saturated rings. The second kappa shape index (κ2) is 7.49. The third-order valence-corrected chi connectivity index (χ3v) is 3.87. The van der Waals surface area contributed by atoms with Gasteiger partial charge in [0, 0.05) is 23.3 Å². The van der Waals surface area contributed by atoms with Crippen molar-refractivity contribution in [3.63, 3.8) is 0 Å². The first-order chi connectivity index (χ1) is 11.3. The number of anilines is 2. The van der Waals surface area contributed by atoms with Crippen LogP contribution in [0, 0.1) is 20.8 Å². The molecule has 2 aromatic rings. The summed E-state index contributed by atoms with van der Waals surface area (Å²) in [4.78, 5) is 25.8. The van der Waals surface area contributed by atoms with Gasteiger partial charge in [-0.3, -0.25) is 9.59 Å². The number of rotatable bonds is 4. The van der Waals surface area contributed by atoms with Crippen LogP contribution < -0.4 is 10.2 Å². The Balaban J connectivity index is 2.18. The van der Waals surface area contributed by atoms with E-state index in [1.165, 1.54) is 11.8 Å². The van der Waals surface area contributed by atoms with Crippen LogP contribution in [0.4, 0.5) is 11.4 Å². The van der Waals surface area contributed by atoms with Crippen LogP contribution in [0.15, 0.2) is 36.4 Å². The van der Waals surface area contributed by atoms with Gasteiger partial charge in [-0.1, -0.05) is 17.7 Å². The van der Waals surface area contributed by atoms with E-state index in [1.807, 2.05) is 39.0 Å². The minimum atomic E-state index is -0.246. The lowest BCUT2D eigenvalue weighted by Crippen LogP contribution is -2.37. The Bertz CT molecular complexity index is 767. The minimum Gasteiger partial charge on any atom is -0.325 e. The zero-order valence-electron chi connectivity index (χ0n) is 14.3. The molecule has 0 heterocycles. The molecule has 0 aliphatic rings. The van der Waals surface area contributed by atoms with Crippen LogP contribution in [0.3, 0.4) is 0 Å². The van der Waals surface area contributed by atoms with Gasteiger partial charge in [-0.2, -0.15) is 0 Å². The van der Waals surface area contributed by atoms with E-state index in [4.69, 9.17) is 11.6 Å². The van der Waals surface area contributed by atoms with Crippen molar-refractivity contribution >= 4 is 34.8 Å². The summed E-state index contributed by atoms with van der Waals surface area (Å²) in [6.07, 6.45) is 0. The number of hydrogen-bond acceptors (Lipinski definition) is 2. The smallest absolute Gasteiger partial charge is 0.244 e. The van der Waals surface area contributed by atoms with E-state index in [-0.39, 0.29) is 18.4 Å². The first-order valence-electron chi connectivity index (χ1n) is 7.68. The lowest BCUT2D eigenvalue weighted by Gasteiger charge is -2.23. The summed E-state index contributed by atoms with van der Waals surface area (Å²) < 4.78 is 0. The molecule has 0 saturated carbocycles. The monoisotopic (exact) mass is 344 g/mol. The van der Waals surface area contributed by atoms with Gasteiger partial charge in [-0.15, -0.1) is 0 Å². The van der Waals surface area contributed by atoms with Gasteiger partial charge < -0.3 is 10.2 Å². The van der Waals surface area contributed by atoms with Gasteiger partial charge in [0.15, 0.2) is 0 Å². The van der Waals surface area contributed by atoms with E-state index in [1.54, 1.807) is 18.2 Å². The molecule has 0 bridgehead atoms. The molecule has 2 rings (SSSR count). The van der Waals surface area contributed by atoms with Gasteiger partial charge in [-0.25, -0.2) is 0 Å². The summed E-state index contributed by atoms with van der Waals surface area (Å²) in [7, 11) is 0. The van der Waals surface area contributed by atoms with Crippen molar-refractivity contribution in [2.24, 2.45) is 0 Å². The standard InChI is InChI=1S/C19H21ClN2O2/c1-12-7-13(2)9-17(8-12)21-19(24)11-22(15(4)23)18-6-5-16(20)10-14(18)3/h5-10H,11H2,1-4H3,(H,21,24). The Labute approximate surface area is 147 Å². The highest BCUT2D eigenvalue weighted by Crippen LogP contribution is 2.24. The number of nitrogens with zero attached hydrogens (tertiary/aromatic N) is 1. The molecule has 0 aliphatic carbocycles. The van der Waals surface area contributed by atoms with Crippen molar-refractivity contribution in [2.75, 3.05) is 16.8 Å². The lowest BCUT2D eigenvalue weighted by molar-refractivity contribution is -0.120. The number of hydrogen-bond donors (Lipinski definition) is 1. The van der Waals surface area contributed by atoms with Gasteiger partial charge in [-0.05, 0) is 67.8 Å². The molecule has 0 saturated heterocycles. The fraction of sp³-hybridized carbons (Fsp3) is 0.263. The largest absolute Gasteiger partial charge is 0.325 e. The van der Waals surface area contributed by atoms with Crippen LogP contribution in [0.1, 0.15) is 23.6 Å². The Hall–Kier alpha value is -2.33. The van der Waals surface area contributed by atoms with Crippen LogP contribution in [-0.2, 0) is 9.59 Å². The van der Waals surface area contributed by atoms with Gasteiger partial charge in [0.05, 0.1) is 0 Å². The molecule has 0 spiro atoms. The fourth-order valence-corrected chi connectivity index (χ4v) is 2.91. The van der Waals surface area contributed by atoms with Crippen LogP contribution in [0.5, 0.6) is 0 Å². The third kappa shape index (κ3) is 4.59. The highest BCUT2D eigenvalue weighted by atomic mass is 35.5. The van der Waals surface area contributed by atoms with Gasteiger partial charge in [0.25, 0.3) is 0 Å². The quantitative estimate of drug-likeness (QED) is 0.901. The predicted molar refractivity (Wildman–Crippen MR) is 98.8 cm³/mol. The van der Waals surface area contributed by atoms with Gasteiger partial charge in [0.2, 0.25) is 11.8 Å². The topological polar surface area (TPSA) is 49.4 Å². The average Bonchev–Trinajstić information content (AvgIpc) is 2.44. The van der Waals surface area contributed by atoms with E-state index >= 15 is 0 Å². The number of amides is 2. The first kappa shape index (κ1) is 18.0. The average molecular weight is 345 g/mol. The number of carbonyl (C=O) groups is 2. The Morgan fingerprint density at radius 1 is 1.04 bits per heavy atom. The molecular weight excluding hydrogens is 324 g/mol. The maximum absolute atomic E-state index is 12.4. The van der Waals surface area contributed by atoms with E-state index in [0.717, 1.165) is 22.4 Å². The normalized spacial score (nSPS) is 10.4. The predicted octanol–water partition coefficient (Wildman–Crippen LogP) is 4.26. The van der Waals surface area contributed by atoms with Crippen LogP contribution in [0.2, 0.25) is 5.02 Å². The number of aryl methyl sites for hydroxylation is 3. The van der Waals surface area contributed by atoms with E-state index in [2.05, 4.69) is 5.32 Å². The molecule has 4 nitrogen and oxygen atoms in total. The van der Waals surface area contributed by atoms with E-state index in [9.17, 15) is 9.59 Å². The van der Waals surface area contributed by atoms with Crippen molar-refractivity contribution < 1.29 is 9.59 Å². The molecule has 0 aromatic heterocycles. The molecule has 0 radical (unpaired) electrons. The summed E-state index contributed by atoms with van der Waals surface area (Å²) in [5.41, 5.74) is 4.40. The summed E-state index contributed by atoms with van der Waals surface area (Å²) in [5.74, 6) is -0.444. The number of benzene rings is 2. The summed E-state index contributed by atoms with van der Waals surface area (Å²) in [6.45, 7) is 7.20. The minimum absolute atomic E-state index is 0.0508. The maximum Gasteiger partial charge on any atom is 0.244 e. The lowest BCUT2D eigenvalue weighted by atomic mass is 10.1. The van der Waals surface area contributed by atoms with Gasteiger partial charge in [0.1, 0.15) is 6.54 Å². The molecule has 2 aromatic carbocycles.